The van der Waals surface area contributed by atoms with E-state index in [2.05, 4.69) is 0 Å². The van der Waals surface area contributed by atoms with Crippen molar-refractivity contribution in [3.63, 3.8) is 0 Å². The van der Waals surface area contributed by atoms with Crippen molar-refractivity contribution in [3.8, 4) is 0 Å². The SMILES string of the molecule is CCn1c(=O)ccc2cc(Cl)ccc21. The minimum atomic E-state index is 0.0299. The number of nitrogens with zero attached hydrogens (tertiary/aromatic N) is 1. The van der Waals surface area contributed by atoms with Crippen molar-refractivity contribution in [1.29, 1.82) is 0 Å². The van der Waals surface area contributed by atoms with Crippen LogP contribution in [0.4, 0.5) is 0 Å². The normalized spacial score (nSPS) is 10.7. The largest absolute Gasteiger partial charge is 0.309 e. The number of hydrogen-bond donors (Lipinski definition) is 0. The molecule has 0 N–H and O–H groups in total. The summed E-state index contributed by atoms with van der Waals surface area (Å²) < 4.78 is 1.73. The van der Waals surface area contributed by atoms with Gasteiger partial charge in [-0.1, -0.05) is 11.6 Å². The maximum Gasteiger partial charge on any atom is 0.250 e. The Labute approximate surface area is 86.7 Å². The van der Waals surface area contributed by atoms with Gasteiger partial charge in [-0.2, -0.15) is 0 Å². The Balaban J connectivity index is 2.89. The molecule has 2 rings (SSSR count). The zero-order valence-electron chi connectivity index (χ0n) is 7.83. The summed E-state index contributed by atoms with van der Waals surface area (Å²) >= 11 is 5.87. The third-order valence-corrected chi connectivity index (χ3v) is 2.50. The van der Waals surface area contributed by atoms with Gasteiger partial charge < -0.3 is 4.57 Å². The van der Waals surface area contributed by atoms with Crippen LogP contribution in [0.15, 0.2) is 35.1 Å². The fraction of sp³-hybridized carbons (Fsp3) is 0.182. The van der Waals surface area contributed by atoms with E-state index < -0.39 is 0 Å². The van der Waals surface area contributed by atoms with Crippen molar-refractivity contribution < 1.29 is 0 Å². The van der Waals surface area contributed by atoms with E-state index in [1.54, 1.807) is 22.8 Å². The standard InChI is InChI=1S/C11H10ClNO/c1-2-13-10-5-4-9(12)7-8(10)3-6-11(13)14/h3-7H,2H2,1H3. The molecule has 1 heterocycles. The van der Waals surface area contributed by atoms with Crippen LogP contribution in [-0.4, -0.2) is 4.57 Å². The van der Waals surface area contributed by atoms with E-state index in [0.29, 0.717) is 11.6 Å². The van der Waals surface area contributed by atoms with Crippen molar-refractivity contribution in [3.05, 3.63) is 45.7 Å². The molecule has 0 fully saturated rings. The Bertz CT molecular complexity index is 530. The lowest BCUT2D eigenvalue weighted by molar-refractivity contribution is 0.760. The molecule has 3 heteroatoms. The number of benzene rings is 1. The second-order valence-corrected chi connectivity index (χ2v) is 3.56. The van der Waals surface area contributed by atoms with E-state index in [0.717, 1.165) is 10.9 Å². The van der Waals surface area contributed by atoms with Gasteiger partial charge in [0.25, 0.3) is 5.56 Å². The van der Waals surface area contributed by atoms with Crippen LogP contribution in [0.3, 0.4) is 0 Å². The van der Waals surface area contributed by atoms with Gasteiger partial charge in [0.05, 0.1) is 5.52 Å². The summed E-state index contributed by atoms with van der Waals surface area (Å²) in [5.41, 5.74) is 0.965. The molecular formula is C11H10ClNO. The van der Waals surface area contributed by atoms with Crippen molar-refractivity contribution in [2.24, 2.45) is 0 Å². The van der Waals surface area contributed by atoms with E-state index in [-0.39, 0.29) is 5.56 Å². The molecule has 72 valence electrons. The van der Waals surface area contributed by atoms with Crippen LogP contribution in [0.25, 0.3) is 10.9 Å². The number of aromatic nitrogens is 1. The maximum atomic E-state index is 11.5. The minimum Gasteiger partial charge on any atom is -0.309 e. The molecule has 0 amide bonds. The van der Waals surface area contributed by atoms with Gasteiger partial charge in [-0.15, -0.1) is 0 Å². The first-order valence-electron chi connectivity index (χ1n) is 4.51. The fourth-order valence-electron chi connectivity index (χ4n) is 1.60. The summed E-state index contributed by atoms with van der Waals surface area (Å²) in [7, 11) is 0. The summed E-state index contributed by atoms with van der Waals surface area (Å²) in [5, 5.41) is 1.69. The summed E-state index contributed by atoms with van der Waals surface area (Å²) in [6.07, 6.45) is 0. The Kier molecular flexibility index (Phi) is 2.30. The summed E-state index contributed by atoms with van der Waals surface area (Å²) in [6, 6.07) is 8.92. The van der Waals surface area contributed by atoms with E-state index in [4.69, 9.17) is 11.6 Å². The average molecular weight is 208 g/mol. The van der Waals surface area contributed by atoms with Gasteiger partial charge in [0.1, 0.15) is 0 Å². The van der Waals surface area contributed by atoms with E-state index >= 15 is 0 Å². The Morgan fingerprint density at radius 2 is 2.07 bits per heavy atom. The smallest absolute Gasteiger partial charge is 0.250 e. The molecule has 0 spiro atoms. The van der Waals surface area contributed by atoms with Crippen LogP contribution < -0.4 is 5.56 Å². The predicted octanol–water partition coefficient (Wildman–Crippen LogP) is 2.67. The first-order valence-corrected chi connectivity index (χ1v) is 4.89. The van der Waals surface area contributed by atoms with Gasteiger partial charge in [0.2, 0.25) is 0 Å². The molecular weight excluding hydrogens is 198 g/mol. The van der Waals surface area contributed by atoms with E-state index in [1.807, 2.05) is 19.1 Å². The first kappa shape index (κ1) is 9.28. The highest BCUT2D eigenvalue weighted by Gasteiger charge is 2.00. The second-order valence-electron chi connectivity index (χ2n) is 3.12. The van der Waals surface area contributed by atoms with Crippen molar-refractivity contribution in [2.75, 3.05) is 0 Å². The van der Waals surface area contributed by atoms with E-state index in [1.165, 1.54) is 0 Å². The first-order chi connectivity index (χ1) is 6.72. The van der Waals surface area contributed by atoms with Crippen LogP contribution in [0, 0.1) is 0 Å². The molecule has 0 saturated heterocycles. The molecule has 0 aliphatic carbocycles. The van der Waals surface area contributed by atoms with Gasteiger partial charge in [0.15, 0.2) is 0 Å². The van der Waals surface area contributed by atoms with Crippen LogP contribution >= 0.6 is 11.6 Å². The molecule has 0 radical (unpaired) electrons. The summed E-state index contributed by atoms with van der Waals surface area (Å²) in [6.45, 7) is 2.63. The lowest BCUT2D eigenvalue weighted by atomic mass is 10.2. The molecule has 0 unspecified atom stereocenters. The van der Waals surface area contributed by atoms with Crippen molar-refractivity contribution >= 4 is 22.5 Å². The monoisotopic (exact) mass is 207 g/mol. The quantitative estimate of drug-likeness (QED) is 0.705. The van der Waals surface area contributed by atoms with Gasteiger partial charge in [-0.05, 0) is 36.6 Å². The molecule has 2 aromatic rings. The van der Waals surface area contributed by atoms with Crippen molar-refractivity contribution in [1.82, 2.24) is 4.57 Å². The number of fused-ring (bicyclic) bond motifs is 1. The predicted molar refractivity (Wildman–Crippen MR) is 58.9 cm³/mol. The van der Waals surface area contributed by atoms with Crippen molar-refractivity contribution in [2.45, 2.75) is 13.5 Å². The molecule has 1 aromatic heterocycles. The third kappa shape index (κ3) is 1.42. The zero-order chi connectivity index (χ0) is 10.1. The maximum absolute atomic E-state index is 11.5. The number of halogens is 1. The van der Waals surface area contributed by atoms with Gasteiger partial charge in [0, 0.05) is 17.6 Å². The topological polar surface area (TPSA) is 22.0 Å². The number of rotatable bonds is 1. The summed E-state index contributed by atoms with van der Waals surface area (Å²) in [5.74, 6) is 0. The molecule has 0 bridgehead atoms. The average Bonchev–Trinajstić information content (AvgIpc) is 2.18. The van der Waals surface area contributed by atoms with E-state index in [9.17, 15) is 4.79 Å². The Morgan fingerprint density at radius 3 is 2.79 bits per heavy atom. The van der Waals surface area contributed by atoms with Gasteiger partial charge >= 0.3 is 0 Å². The Morgan fingerprint density at radius 1 is 1.29 bits per heavy atom. The molecule has 0 saturated carbocycles. The molecule has 1 aromatic carbocycles. The zero-order valence-corrected chi connectivity index (χ0v) is 8.58. The minimum absolute atomic E-state index is 0.0299. The molecule has 2 nitrogen and oxygen atoms in total. The molecule has 0 aliphatic rings. The number of hydrogen-bond acceptors (Lipinski definition) is 1. The van der Waals surface area contributed by atoms with Crippen LogP contribution in [0.1, 0.15) is 6.92 Å². The lowest BCUT2D eigenvalue weighted by Gasteiger charge is -2.06. The van der Waals surface area contributed by atoms with Crippen LogP contribution in [0.5, 0.6) is 0 Å². The summed E-state index contributed by atoms with van der Waals surface area (Å²) in [4.78, 5) is 11.5. The highest BCUT2D eigenvalue weighted by atomic mass is 35.5. The van der Waals surface area contributed by atoms with Gasteiger partial charge in [-0.25, -0.2) is 0 Å². The Hall–Kier alpha value is -1.28. The lowest BCUT2D eigenvalue weighted by Crippen LogP contribution is -2.17. The molecule has 0 aliphatic heterocycles. The van der Waals surface area contributed by atoms with Gasteiger partial charge in [-0.3, -0.25) is 4.79 Å². The van der Waals surface area contributed by atoms with Crippen LogP contribution in [-0.2, 0) is 6.54 Å². The number of pyridine rings is 1. The number of aryl methyl sites for hydroxylation is 1. The molecule has 0 atom stereocenters. The third-order valence-electron chi connectivity index (χ3n) is 2.27. The fourth-order valence-corrected chi connectivity index (χ4v) is 1.78. The molecule has 14 heavy (non-hydrogen) atoms. The second kappa shape index (κ2) is 3.46. The highest BCUT2D eigenvalue weighted by Crippen LogP contribution is 2.17. The van der Waals surface area contributed by atoms with Crippen LogP contribution in [0.2, 0.25) is 5.02 Å². The highest BCUT2D eigenvalue weighted by molar-refractivity contribution is 6.31.